The molecule has 1 aromatic heterocycles. The Hall–Kier alpha value is -1.35. The smallest absolute Gasteiger partial charge is 0.261 e. The molecule has 5 heteroatoms. The normalized spacial score (nSPS) is 11.5. The van der Waals surface area contributed by atoms with Crippen LogP contribution < -0.4 is 5.32 Å². The zero-order chi connectivity index (χ0) is 14.1. The van der Waals surface area contributed by atoms with Crippen molar-refractivity contribution in [2.75, 3.05) is 19.8 Å². The van der Waals surface area contributed by atoms with Gasteiger partial charge < -0.3 is 15.2 Å². The van der Waals surface area contributed by atoms with E-state index >= 15 is 0 Å². The van der Waals surface area contributed by atoms with Crippen LogP contribution in [0.4, 0.5) is 0 Å². The predicted molar refractivity (Wildman–Crippen MR) is 76.3 cm³/mol. The first-order valence-electron chi connectivity index (χ1n) is 6.26. The molecule has 0 saturated carbocycles. The second-order valence-corrected chi connectivity index (χ2v) is 5.00. The van der Waals surface area contributed by atoms with Gasteiger partial charge in [-0.1, -0.05) is 11.8 Å². The number of hydrogen-bond donors (Lipinski definition) is 2. The lowest BCUT2D eigenvalue weighted by Gasteiger charge is -2.11. The van der Waals surface area contributed by atoms with Gasteiger partial charge in [-0.25, -0.2) is 0 Å². The number of thiophene rings is 1. The zero-order valence-corrected chi connectivity index (χ0v) is 12.0. The Labute approximate surface area is 117 Å². The molecule has 0 bridgehead atoms. The molecule has 1 rings (SSSR count). The molecule has 0 radical (unpaired) electrons. The fraction of sp³-hybridized carbons (Fsp3) is 0.500. The highest BCUT2D eigenvalue weighted by Gasteiger charge is 2.09. The van der Waals surface area contributed by atoms with Gasteiger partial charge in [-0.2, -0.15) is 0 Å². The molecule has 0 saturated heterocycles. The molecule has 19 heavy (non-hydrogen) atoms. The van der Waals surface area contributed by atoms with Gasteiger partial charge in [0.2, 0.25) is 0 Å². The van der Waals surface area contributed by atoms with Gasteiger partial charge >= 0.3 is 0 Å². The maximum Gasteiger partial charge on any atom is 0.261 e. The lowest BCUT2D eigenvalue weighted by Crippen LogP contribution is -2.31. The summed E-state index contributed by atoms with van der Waals surface area (Å²) < 4.78 is 5.34. The third kappa shape index (κ3) is 5.88. The molecule has 0 fully saturated rings. The standard InChI is InChI=1S/C14H19NO3S/c1-3-18-11(2)10-15-14(17)13-8-7-12(19-13)6-4-5-9-16/h7-8,11,16H,3,5,9-10H2,1-2H3,(H,15,17). The van der Waals surface area contributed by atoms with Crippen LogP contribution in [0, 0.1) is 11.8 Å². The average Bonchev–Trinajstić information content (AvgIpc) is 2.85. The molecule has 0 aliphatic carbocycles. The molecule has 1 amide bonds. The van der Waals surface area contributed by atoms with Crippen molar-refractivity contribution in [1.82, 2.24) is 5.32 Å². The minimum Gasteiger partial charge on any atom is -0.395 e. The summed E-state index contributed by atoms with van der Waals surface area (Å²) in [6.07, 6.45) is 0.461. The third-order valence-electron chi connectivity index (χ3n) is 2.28. The molecule has 1 aromatic rings. The summed E-state index contributed by atoms with van der Waals surface area (Å²) in [6.45, 7) is 5.04. The van der Waals surface area contributed by atoms with Crippen LogP contribution in [-0.2, 0) is 4.74 Å². The fourth-order valence-corrected chi connectivity index (χ4v) is 2.20. The summed E-state index contributed by atoms with van der Waals surface area (Å²) in [5.41, 5.74) is 0. The van der Waals surface area contributed by atoms with Crippen LogP contribution in [-0.4, -0.2) is 36.9 Å². The van der Waals surface area contributed by atoms with Crippen LogP contribution in [0.25, 0.3) is 0 Å². The maximum absolute atomic E-state index is 11.9. The molecule has 1 unspecified atom stereocenters. The monoisotopic (exact) mass is 281 g/mol. The minimum atomic E-state index is -0.105. The Balaban J connectivity index is 2.48. The number of rotatable bonds is 6. The Kier molecular flexibility index (Phi) is 7.19. The van der Waals surface area contributed by atoms with Gasteiger partial charge in [0.1, 0.15) is 0 Å². The van der Waals surface area contributed by atoms with E-state index in [9.17, 15) is 4.79 Å². The van der Waals surface area contributed by atoms with Crippen LogP contribution in [0.1, 0.15) is 34.8 Å². The van der Waals surface area contributed by atoms with Gasteiger partial charge in [0.25, 0.3) is 5.91 Å². The van der Waals surface area contributed by atoms with Crippen molar-refractivity contribution in [3.63, 3.8) is 0 Å². The van der Waals surface area contributed by atoms with E-state index in [1.165, 1.54) is 11.3 Å². The second-order valence-electron chi connectivity index (χ2n) is 3.92. The van der Waals surface area contributed by atoms with Crippen molar-refractivity contribution < 1.29 is 14.6 Å². The van der Waals surface area contributed by atoms with Gasteiger partial charge in [-0.15, -0.1) is 11.3 Å². The number of carbonyl (C=O) groups is 1. The van der Waals surface area contributed by atoms with E-state index in [1.807, 2.05) is 19.9 Å². The number of ether oxygens (including phenoxy) is 1. The maximum atomic E-state index is 11.9. The Bertz CT molecular complexity index is 459. The Morgan fingerprint density at radius 2 is 2.37 bits per heavy atom. The SMILES string of the molecule is CCOC(C)CNC(=O)c1ccc(C#CCCO)s1. The van der Waals surface area contributed by atoms with E-state index in [-0.39, 0.29) is 18.6 Å². The summed E-state index contributed by atoms with van der Waals surface area (Å²) in [5.74, 6) is 5.63. The molecule has 4 nitrogen and oxygen atoms in total. The molecule has 1 atom stereocenters. The van der Waals surface area contributed by atoms with E-state index in [2.05, 4.69) is 17.2 Å². The van der Waals surface area contributed by atoms with Gasteiger partial charge in [-0.3, -0.25) is 4.79 Å². The van der Waals surface area contributed by atoms with E-state index < -0.39 is 0 Å². The molecule has 2 N–H and O–H groups in total. The highest BCUT2D eigenvalue weighted by atomic mass is 32.1. The molecule has 0 aliphatic heterocycles. The number of aliphatic hydroxyl groups is 1. The number of hydrogen-bond acceptors (Lipinski definition) is 4. The summed E-state index contributed by atoms with van der Waals surface area (Å²) >= 11 is 1.35. The third-order valence-corrected chi connectivity index (χ3v) is 3.28. The van der Waals surface area contributed by atoms with E-state index in [4.69, 9.17) is 9.84 Å². The highest BCUT2D eigenvalue weighted by Crippen LogP contribution is 2.15. The molecule has 0 aromatic carbocycles. The van der Waals surface area contributed by atoms with E-state index in [1.54, 1.807) is 6.07 Å². The fourth-order valence-electron chi connectivity index (χ4n) is 1.40. The minimum absolute atomic E-state index is 0.0118. The Morgan fingerprint density at radius 1 is 1.58 bits per heavy atom. The van der Waals surface area contributed by atoms with Crippen molar-refractivity contribution in [1.29, 1.82) is 0 Å². The second kappa shape index (κ2) is 8.70. The first-order valence-corrected chi connectivity index (χ1v) is 7.08. The number of carbonyl (C=O) groups excluding carboxylic acids is 1. The van der Waals surface area contributed by atoms with Crippen LogP contribution in [0.15, 0.2) is 12.1 Å². The highest BCUT2D eigenvalue weighted by molar-refractivity contribution is 7.14. The van der Waals surface area contributed by atoms with Crippen LogP contribution in [0.3, 0.4) is 0 Å². The topological polar surface area (TPSA) is 58.6 Å². The molecular formula is C14H19NO3S. The largest absolute Gasteiger partial charge is 0.395 e. The van der Waals surface area contributed by atoms with Crippen molar-refractivity contribution in [3.8, 4) is 11.8 Å². The quantitative estimate of drug-likeness (QED) is 0.779. The molecular weight excluding hydrogens is 262 g/mol. The number of amides is 1. The summed E-state index contributed by atoms with van der Waals surface area (Å²) in [4.78, 5) is 13.3. The average molecular weight is 281 g/mol. The number of nitrogens with one attached hydrogen (secondary N) is 1. The van der Waals surface area contributed by atoms with E-state index in [0.717, 1.165) is 4.88 Å². The van der Waals surface area contributed by atoms with E-state index in [0.29, 0.717) is 24.4 Å². The molecule has 0 aliphatic rings. The van der Waals surface area contributed by atoms with Crippen molar-refractivity contribution in [3.05, 3.63) is 21.9 Å². The van der Waals surface area contributed by atoms with Gasteiger partial charge in [0, 0.05) is 19.6 Å². The van der Waals surface area contributed by atoms with Gasteiger partial charge in [0.05, 0.1) is 22.5 Å². The van der Waals surface area contributed by atoms with Crippen molar-refractivity contribution >= 4 is 17.2 Å². The lowest BCUT2D eigenvalue weighted by molar-refractivity contribution is 0.0696. The molecule has 1 heterocycles. The van der Waals surface area contributed by atoms with Crippen LogP contribution in [0.5, 0.6) is 0 Å². The zero-order valence-electron chi connectivity index (χ0n) is 11.2. The van der Waals surface area contributed by atoms with Gasteiger partial charge in [-0.05, 0) is 26.0 Å². The van der Waals surface area contributed by atoms with Gasteiger partial charge in [0.15, 0.2) is 0 Å². The summed E-state index contributed by atoms with van der Waals surface area (Å²) in [6, 6.07) is 3.57. The van der Waals surface area contributed by atoms with Crippen molar-refractivity contribution in [2.24, 2.45) is 0 Å². The first kappa shape index (κ1) is 15.7. The number of aliphatic hydroxyl groups excluding tert-OH is 1. The summed E-state index contributed by atoms with van der Waals surface area (Å²) in [5, 5.41) is 11.5. The Morgan fingerprint density at radius 3 is 3.05 bits per heavy atom. The van der Waals surface area contributed by atoms with Crippen LogP contribution in [0.2, 0.25) is 0 Å². The lowest BCUT2D eigenvalue weighted by atomic mass is 10.3. The predicted octanol–water partition coefficient (Wildman–Crippen LogP) is 1.64. The van der Waals surface area contributed by atoms with Crippen LogP contribution >= 0.6 is 11.3 Å². The molecule has 104 valence electrons. The molecule has 0 spiro atoms. The summed E-state index contributed by atoms with van der Waals surface area (Å²) in [7, 11) is 0. The first-order chi connectivity index (χ1) is 9.17. The van der Waals surface area contributed by atoms with Crippen molar-refractivity contribution in [2.45, 2.75) is 26.4 Å².